The molecule has 0 aromatic heterocycles. The van der Waals surface area contributed by atoms with Crippen LogP contribution in [0.15, 0.2) is 18.2 Å². The minimum Gasteiger partial charge on any atom is -0.369 e. The normalized spacial score (nSPS) is 25.5. The molecule has 3 amide bonds. The van der Waals surface area contributed by atoms with Crippen LogP contribution in [0.25, 0.3) is 0 Å². The predicted octanol–water partition coefficient (Wildman–Crippen LogP) is 2.02. The molecule has 1 spiro atoms. The van der Waals surface area contributed by atoms with Crippen LogP contribution in [-0.2, 0) is 19.8 Å². The minimum absolute atomic E-state index is 0.0404. The molecule has 4 aliphatic heterocycles. The quantitative estimate of drug-likeness (QED) is 0.659. The number of carbonyl (C=O) groups is 3. The van der Waals surface area contributed by atoms with Crippen LogP contribution in [0.4, 0.5) is 11.4 Å². The maximum atomic E-state index is 13.5. The maximum absolute atomic E-state index is 13.5. The molecular weight excluding hydrogens is 430 g/mol. The van der Waals surface area contributed by atoms with Crippen molar-refractivity contribution in [1.29, 1.82) is 0 Å². The molecule has 1 saturated carbocycles. The van der Waals surface area contributed by atoms with E-state index in [2.05, 4.69) is 26.5 Å². The van der Waals surface area contributed by atoms with Crippen LogP contribution < -0.4 is 20.4 Å². The standard InChI is InChI=1S/C22H27N5O3.2C2H6/c28-18-5-4-17(20(29)24-18)27-16-3-1-2-15(19(16)22(6-7-22)21(27)30)26-10-8-25(9-11-26)14-12-23-13-14;2*1-2/h1-3,14,17,23H,4-13H2,(H,24,28,29);2*1-2H3. The van der Waals surface area contributed by atoms with Crippen LogP contribution >= 0.6 is 0 Å². The first-order chi connectivity index (χ1) is 16.6. The Balaban J connectivity index is 0.000000652. The van der Waals surface area contributed by atoms with Gasteiger partial charge in [0.05, 0.1) is 11.1 Å². The maximum Gasteiger partial charge on any atom is 0.249 e. The lowest BCUT2D eigenvalue weighted by molar-refractivity contribution is -0.135. The zero-order valence-corrected chi connectivity index (χ0v) is 21.0. The smallest absolute Gasteiger partial charge is 0.249 e. The molecule has 6 rings (SSSR count). The van der Waals surface area contributed by atoms with Gasteiger partial charge in [-0.05, 0) is 31.4 Å². The van der Waals surface area contributed by atoms with E-state index in [-0.39, 0.29) is 24.1 Å². The molecular formula is C26H39N5O3. The number of piperidine rings is 1. The van der Waals surface area contributed by atoms with E-state index in [0.717, 1.165) is 69.0 Å². The average molecular weight is 470 g/mol. The summed E-state index contributed by atoms with van der Waals surface area (Å²) >= 11 is 0. The number of carbonyl (C=O) groups excluding carboxylic acids is 3. The zero-order valence-electron chi connectivity index (χ0n) is 21.0. The van der Waals surface area contributed by atoms with Crippen molar-refractivity contribution in [2.45, 2.75) is 70.9 Å². The van der Waals surface area contributed by atoms with Crippen molar-refractivity contribution in [3.8, 4) is 0 Å². The van der Waals surface area contributed by atoms with Gasteiger partial charge in [-0.2, -0.15) is 0 Å². The topological polar surface area (TPSA) is 85.0 Å². The van der Waals surface area contributed by atoms with E-state index in [1.54, 1.807) is 4.90 Å². The van der Waals surface area contributed by atoms with Crippen LogP contribution in [0, 0.1) is 0 Å². The van der Waals surface area contributed by atoms with Gasteiger partial charge in [0.1, 0.15) is 6.04 Å². The number of imide groups is 1. The summed E-state index contributed by atoms with van der Waals surface area (Å²) in [6, 6.07) is 6.19. The van der Waals surface area contributed by atoms with Gasteiger partial charge in [-0.3, -0.25) is 29.5 Å². The Morgan fingerprint density at radius 3 is 2.12 bits per heavy atom. The lowest BCUT2D eigenvalue weighted by Crippen LogP contribution is -2.61. The molecule has 5 aliphatic rings. The number of benzene rings is 1. The second-order valence-corrected chi connectivity index (χ2v) is 9.23. The molecule has 1 unspecified atom stereocenters. The fourth-order valence-electron chi connectivity index (χ4n) is 5.62. The second-order valence-electron chi connectivity index (χ2n) is 9.23. The Morgan fingerprint density at radius 1 is 0.912 bits per heavy atom. The molecule has 0 radical (unpaired) electrons. The zero-order chi connectivity index (χ0) is 24.5. The molecule has 3 saturated heterocycles. The summed E-state index contributed by atoms with van der Waals surface area (Å²) in [6.45, 7) is 14.1. The first-order valence-corrected chi connectivity index (χ1v) is 13.1. The number of nitrogens with zero attached hydrogens (tertiary/aromatic N) is 3. The number of nitrogens with one attached hydrogen (secondary N) is 2. The van der Waals surface area contributed by atoms with E-state index in [0.29, 0.717) is 12.5 Å². The van der Waals surface area contributed by atoms with Gasteiger partial charge in [-0.25, -0.2) is 0 Å². The van der Waals surface area contributed by atoms with Crippen LogP contribution in [0.1, 0.15) is 58.9 Å². The molecule has 1 atom stereocenters. The number of hydrogen-bond acceptors (Lipinski definition) is 6. The SMILES string of the molecule is CC.CC.O=C1CCC(N2C(=O)C3(CC3)c3c(N4CCN(C5CNC5)CC4)cccc32)C(=O)N1. The Morgan fingerprint density at radius 2 is 1.56 bits per heavy atom. The number of amides is 3. The fraction of sp³-hybridized carbons (Fsp3) is 0.654. The average Bonchev–Trinajstić information content (AvgIpc) is 3.60. The molecule has 1 aromatic rings. The van der Waals surface area contributed by atoms with Gasteiger partial charge in [0.15, 0.2) is 0 Å². The summed E-state index contributed by atoms with van der Waals surface area (Å²) in [5.74, 6) is -0.562. The van der Waals surface area contributed by atoms with Crippen molar-refractivity contribution >= 4 is 29.1 Å². The Labute approximate surface area is 203 Å². The first-order valence-electron chi connectivity index (χ1n) is 13.1. The van der Waals surface area contributed by atoms with Gasteiger partial charge in [-0.1, -0.05) is 33.8 Å². The lowest BCUT2D eigenvalue weighted by Gasteiger charge is -2.44. The molecule has 2 N–H and O–H groups in total. The first kappa shape index (κ1) is 24.7. The molecule has 4 heterocycles. The number of fused-ring (bicyclic) bond motifs is 2. The minimum atomic E-state index is -0.591. The third-order valence-electron chi connectivity index (χ3n) is 7.59. The third kappa shape index (κ3) is 4.01. The van der Waals surface area contributed by atoms with Crippen molar-refractivity contribution in [2.75, 3.05) is 49.1 Å². The summed E-state index contributed by atoms with van der Waals surface area (Å²) in [4.78, 5) is 44.4. The number of rotatable bonds is 3. The van der Waals surface area contributed by atoms with Gasteiger partial charge in [0.2, 0.25) is 17.7 Å². The summed E-state index contributed by atoms with van der Waals surface area (Å²) in [6.07, 6.45) is 2.35. The van der Waals surface area contributed by atoms with E-state index >= 15 is 0 Å². The monoisotopic (exact) mass is 469 g/mol. The number of hydrogen-bond donors (Lipinski definition) is 2. The van der Waals surface area contributed by atoms with E-state index in [9.17, 15) is 14.4 Å². The van der Waals surface area contributed by atoms with Gasteiger partial charge in [-0.15, -0.1) is 0 Å². The highest BCUT2D eigenvalue weighted by Crippen LogP contribution is 2.60. The highest BCUT2D eigenvalue weighted by Gasteiger charge is 2.62. The lowest BCUT2D eigenvalue weighted by atomic mass is 9.95. The largest absolute Gasteiger partial charge is 0.369 e. The fourth-order valence-corrected chi connectivity index (χ4v) is 5.62. The summed E-state index contributed by atoms with van der Waals surface area (Å²) < 4.78 is 0. The van der Waals surface area contributed by atoms with Crippen LogP contribution in [-0.4, -0.2) is 74.0 Å². The molecule has 1 aromatic carbocycles. The van der Waals surface area contributed by atoms with Gasteiger partial charge < -0.3 is 10.2 Å². The van der Waals surface area contributed by atoms with E-state index in [4.69, 9.17) is 0 Å². The third-order valence-corrected chi connectivity index (χ3v) is 7.59. The van der Waals surface area contributed by atoms with E-state index < -0.39 is 11.5 Å². The van der Waals surface area contributed by atoms with E-state index in [1.165, 1.54) is 0 Å². The second kappa shape index (κ2) is 10.0. The number of piperazine rings is 1. The van der Waals surface area contributed by atoms with Crippen molar-refractivity contribution in [3.05, 3.63) is 23.8 Å². The Hall–Kier alpha value is -2.45. The van der Waals surface area contributed by atoms with Crippen molar-refractivity contribution < 1.29 is 14.4 Å². The number of anilines is 2. The summed E-state index contributed by atoms with van der Waals surface area (Å²) in [7, 11) is 0. The summed E-state index contributed by atoms with van der Waals surface area (Å²) in [5.41, 5.74) is 2.66. The van der Waals surface area contributed by atoms with Crippen LogP contribution in [0.3, 0.4) is 0 Å². The van der Waals surface area contributed by atoms with Crippen molar-refractivity contribution in [1.82, 2.24) is 15.5 Å². The molecule has 8 heteroatoms. The Bertz CT molecular complexity index is 932. The van der Waals surface area contributed by atoms with Gasteiger partial charge in [0.25, 0.3) is 0 Å². The van der Waals surface area contributed by atoms with Gasteiger partial charge in [0, 0.05) is 63.0 Å². The summed E-state index contributed by atoms with van der Waals surface area (Å²) in [5, 5.41) is 5.77. The van der Waals surface area contributed by atoms with Crippen LogP contribution in [0.5, 0.6) is 0 Å². The predicted molar refractivity (Wildman–Crippen MR) is 134 cm³/mol. The molecule has 4 fully saturated rings. The van der Waals surface area contributed by atoms with Gasteiger partial charge >= 0.3 is 0 Å². The molecule has 34 heavy (non-hydrogen) atoms. The highest BCUT2D eigenvalue weighted by molar-refractivity contribution is 6.16. The van der Waals surface area contributed by atoms with Crippen molar-refractivity contribution in [2.24, 2.45) is 0 Å². The Kier molecular flexibility index (Phi) is 7.28. The molecule has 0 bridgehead atoms. The highest BCUT2D eigenvalue weighted by atomic mass is 16.2. The molecule has 1 aliphatic carbocycles. The van der Waals surface area contributed by atoms with Crippen molar-refractivity contribution in [3.63, 3.8) is 0 Å². The molecule has 186 valence electrons. The van der Waals surface area contributed by atoms with Crippen LogP contribution in [0.2, 0.25) is 0 Å². The van der Waals surface area contributed by atoms with E-state index in [1.807, 2.05) is 39.8 Å². The molecule has 8 nitrogen and oxygen atoms in total.